The Morgan fingerprint density at radius 3 is 2.61 bits per heavy atom. The number of benzene rings is 2. The number of ether oxygens (including phenoxy) is 2. The van der Waals surface area contributed by atoms with Crippen molar-refractivity contribution in [2.45, 2.75) is 0 Å². The van der Waals surface area contributed by atoms with E-state index in [4.69, 9.17) is 21.1 Å². The lowest BCUT2D eigenvalue weighted by molar-refractivity contribution is 0.0955. The van der Waals surface area contributed by atoms with Gasteiger partial charge in [0.2, 0.25) is 0 Å². The molecule has 2 rings (SSSR count). The molecule has 0 aliphatic heterocycles. The zero-order chi connectivity index (χ0) is 16.8. The molecule has 0 saturated carbocycles. The minimum absolute atomic E-state index is 0.352. The summed E-state index contributed by atoms with van der Waals surface area (Å²) in [5.41, 5.74) is 3.56. The number of halogens is 2. The van der Waals surface area contributed by atoms with E-state index >= 15 is 0 Å². The van der Waals surface area contributed by atoms with Crippen molar-refractivity contribution in [3.63, 3.8) is 0 Å². The highest BCUT2D eigenvalue weighted by Crippen LogP contribution is 2.31. The summed E-state index contributed by atoms with van der Waals surface area (Å²) in [6.07, 6.45) is 1.49. The molecule has 23 heavy (non-hydrogen) atoms. The van der Waals surface area contributed by atoms with E-state index in [1.54, 1.807) is 50.6 Å². The van der Waals surface area contributed by atoms with E-state index in [0.29, 0.717) is 27.6 Å². The van der Waals surface area contributed by atoms with Crippen molar-refractivity contribution in [1.82, 2.24) is 5.43 Å². The highest BCUT2D eigenvalue weighted by Gasteiger charge is 2.08. The lowest BCUT2D eigenvalue weighted by Gasteiger charge is -2.09. The number of methoxy groups -OCH3 is 2. The van der Waals surface area contributed by atoms with E-state index in [1.165, 1.54) is 6.21 Å². The Labute approximate surface area is 147 Å². The van der Waals surface area contributed by atoms with Gasteiger partial charge in [0.15, 0.2) is 0 Å². The van der Waals surface area contributed by atoms with Crippen molar-refractivity contribution in [3.05, 3.63) is 57.0 Å². The Morgan fingerprint density at radius 1 is 1.22 bits per heavy atom. The van der Waals surface area contributed by atoms with Gasteiger partial charge in [0.05, 0.1) is 24.9 Å². The number of amides is 1. The maximum absolute atomic E-state index is 12.0. The Bertz CT molecular complexity index is 750. The minimum atomic E-state index is -0.352. The molecule has 7 heteroatoms. The van der Waals surface area contributed by atoms with Crippen LogP contribution in [0.25, 0.3) is 0 Å². The third-order valence-electron chi connectivity index (χ3n) is 2.96. The van der Waals surface area contributed by atoms with Gasteiger partial charge in [-0.2, -0.15) is 5.10 Å². The smallest absolute Gasteiger partial charge is 0.271 e. The van der Waals surface area contributed by atoms with Crippen molar-refractivity contribution in [2.75, 3.05) is 14.2 Å². The van der Waals surface area contributed by atoms with Crippen molar-refractivity contribution in [3.8, 4) is 11.5 Å². The number of hydrogen-bond acceptors (Lipinski definition) is 4. The first kappa shape index (κ1) is 17.3. The van der Waals surface area contributed by atoms with Crippen LogP contribution < -0.4 is 14.9 Å². The minimum Gasteiger partial charge on any atom is -0.496 e. The van der Waals surface area contributed by atoms with E-state index < -0.39 is 0 Å². The molecule has 0 aromatic heterocycles. The third-order valence-corrected chi connectivity index (χ3v) is 3.82. The first-order valence-electron chi connectivity index (χ1n) is 6.55. The van der Waals surface area contributed by atoms with Gasteiger partial charge in [-0.1, -0.05) is 17.7 Å². The van der Waals surface area contributed by atoms with Crippen LogP contribution in [0.2, 0.25) is 5.02 Å². The lowest BCUT2D eigenvalue weighted by atomic mass is 10.2. The average molecular weight is 398 g/mol. The van der Waals surface area contributed by atoms with Gasteiger partial charge in [0.1, 0.15) is 11.5 Å². The number of carbonyl (C=O) groups is 1. The van der Waals surface area contributed by atoms with Crippen LogP contribution in [0.15, 0.2) is 46.0 Å². The molecule has 0 fully saturated rings. The van der Waals surface area contributed by atoms with E-state index in [2.05, 4.69) is 26.5 Å². The lowest BCUT2D eigenvalue weighted by Crippen LogP contribution is -2.17. The summed E-state index contributed by atoms with van der Waals surface area (Å²) in [4.78, 5) is 12.0. The monoisotopic (exact) mass is 396 g/mol. The average Bonchev–Trinajstić information content (AvgIpc) is 2.55. The van der Waals surface area contributed by atoms with E-state index in [9.17, 15) is 4.79 Å². The number of hydrogen-bond donors (Lipinski definition) is 1. The van der Waals surface area contributed by atoms with Crippen molar-refractivity contribution < 1.29 is 14.3 Å². The summed E-state index contributed by atoms with van der Waals surface area (Å²) in [5.74, 6) is 0.864. The SMILES string of the molecule is COc1cc(OC)c(C=NNC(=O)c2cccc(Cl)c2)cc1Br. The molecular weight excluding hydrogens is 384 g/mol. The molecule has 5 nitrogen and oxygen atoms in total. The second-order valence-electron chi connectivity index (χ2n) is 4.44. The summed E-state index contributed by atoms with van der Waals surface area (Å²) in [6, 6.07) is 10.1. The van der Waals surface area contributed by atoms with E-state index in [0.717, 1.165) is 4.47 Å². The van der Waals surface area contributed by atoms with Crippen LogP contribution in [-0.2, 0) is 0 Å². The largest absolute Gasteiger partial charge is 0.496 e. The maximum atomic E-state index is 12.0. The van der Waals surface area contributed by atoms with Crippen molar-refractivity contribution in [1.29, 1.82) is 0 Å². The zero-order valence-electron chi connectivity index (χ0n) is 12.5. The van der Waals surface area contributed by atoms with Gasteiger partial charge in [-0.25, -0.2) is 5.43 Å². The van der Waals surface area contributed by atoms with Gasteiger partial charge in [-0.3, -0.25) is 4.79 Å². The fourth-order valence-electron chi connectivity index (χ4n) is 1.84. The molecule has 1 amide bonds. The van der Waals surface area contributed by atoms with Crippen LogP contribution in [0, 0.1) is 0 Å². The third kappa shape index (κ3) is 4.46. The van der Waals surface area contributed by atoms with Crippen LogP contribution in [0.3, 0.4) is 0 Å². The second kappa shape index (κ2) is 7.99. The summed E-state index contributed by atoms with van der Waals surface area (Å²) < 4.78 is 11.2. The highest BCUT2D eigenvalue weighted by atomic mass is 79.9. The van der Waals surface area contributed by atoms with Crippen LogP contribution in [0.4, 0.5) is 0 Å². The second-order valence-corrected chi connectivity index (χ2v) is 5.73. The topological polar surface area (TPSA) is 59.9 Å². The predicted molar refractivity (Wildman–Crippen MR) is 93.8 cm³/mol. The van der Waals surface area contributed by atoms with Crippen LogP contribution >= 0.6 is 27.5 Å². The molecule has 0 spiro atoms. The Kier molecular flexibility index (Phi) is 6.01. The fourth-order valence-corrected chi connectivity index (χ4v) is 2.55. The molecule has 1 N–H and O–H groups in total. The number of carbonyl (C=O) groups excluding carboxylic acids is 1. The Morgan fingerprint density at radius 2 is 1.96 bits per heavy atom. The Hall–Kier alpha value is -2.05. The number of hydrazone groups is 1. The highest BCUT2D eigenvalue weighted by molar-refractivity contribution is 9.10. The van der Waals surface area contributed by atoms with Crippen LogP contribution in [0.5, 0.6) is 11.5 Å². The van der Waals surface area contributed by atoms with E-state index in [1.807, 2.05) is 0 Å². The Balaban J connectivity index is 2.14. The van der Waals surface area contributed by atoms with Gasteiger partial charge in [0, 0.05) is 22.2 Å². The summed E-state index contributed by atoms with van der Waals surface area (Å²) in [7, 11) is 3.11. The summed E-state index contributed by atoms with van der Waals surface area (Å²) >= 11 is 9.24. The molecule has 120 valence electrons. The van der Waals surface area contributed by atoms with Gasteiger partial charge >= 0.3 is 0 Å². The molecule has 0 heterocycles. The number of nitrogens with one attached hydrogen (secondary N) is 1. The van der Waals surface area contributed by atoms with Crippen molar-refractivity contribution >= 4 is 39.7 Å². The first-order chi connectivity index (χ1) is 11.0. The molecule has 0 bridgehead atoms. The van der Waals surface area contributed by atoms with Gasteiger partial charge in [-0.05, 0) is 40.2 Å². The molecule has 2 aromatic rings. The van der Waals surface area contributed by atoms with E-state index in [-0.39, 0.29) is 5.91 Å². The normalized spacial score (nSPS) is 10.6. The van der Waals surface area contributed by atoms with Crippen LogP contribution in [0.1, 0.15) is 15.9 Å². The molecule has 2 aromatic carbocycles. The first-order valence-corrected chi connectivity index (χ1v) is 7.72. The molecule has 0 radical (unpaired) electrons. The van der Waals surface area contributed by atoms with Gasteiger partial charge < -0.3 is 9.47 Å². The summed E-state index contributed by atoms with van der Waals surface area (Å²) in [6.45, 7) is 0. The molecule has 0 aliphatic carbocycles. The molecule has 0 atom stereocenters. The summed E-state index contributed by atoms with van der Waals surface area (Å²) in [5, 5.41) is 4.43. The molecule has 0 unspecified atom stereocenters. The van der Waals surface area contributed by atoms with Gasteiger partial charge in [0.25, 0.3) is 5.91 Å². The van der Waals surface area contributed by atoms with Crippen LogP contribution in [-0.4, -0.2) is 26.3 Å². The number of nitrogens with zero attached hydrogens (tertiary/aromatic N) is 1. The quantitative estimate of drug-likeness (QED) is 0.615. The molecule has 0 aliphatic rings. The number of rotatable bonds is 5. The molecular formula is C16H14BrClN2O3. The standard InChI is InChI=1S/C16H14BrClN2O3/c1-22-14-8-15(23-2)13(17)7-11(14)9-19-20-16(21)10-4-3-5-12(18)6-10/h3-9H,1-2H3,(H,20,21). The molecule has 0 saturated heterocycles. The fraction of sp³-hybridized carbons (Fsp3) is 0.125. The zero-order valence-corrected chi connectivity index (χ0v) is 14.8. The predicted octanol–water partition coefficient (Wildman–Crippen LogP) is 3.88. The maximum Gasteiger partial charge on any atom is 0.271 e. The van der Waals surface area contributed by atoms with Gasteiger partial charge in [-0.15, -0.1) is 0 Å². The van der Waals surface area contributed by atoms with Crippen molar-refractivity contribution in [2.24, 2.45) is 5.10 Å².